The number of nitrogens with two attached hydrogens (primary N) is 1. The van der Waals surface area contributed by atoms with Crippen LogP contribution in [0.25, 0.3) is 0 Å². The zero-order valence-corrected chi connectivity index (χ0v) is 10.6. The van der Waals surface area contributed by atoms with Gasteiger partial charge >= 0.3 is 0 Å². The van der Waals surface area contributed by atoms with Gasteiger partial charge in [-0.1, -0.05) is 6.92 Å². The Morgan fingerprint density at radius 2 is 2.41 bits per heavy atom. The molecule has 94 valence electrons. The van der Waals surface area contributed by atoms with Crippen molar-refractivity contribution in [2.45, 2.75) is 32.9 Å². The first kappa shape index (κ1) is 12.3. The minimum Gasteiger partial charge on any atom is -0.377 e. The van der Waals surface area contributed by atoms with Gasteiger partial charge in [-0.15, -0.1) is 0 Å². The van der Waals surface area contributed by atoms with E-state index in [1.807, 2.05) is 12.3 Å². The third-order valence-electron chi connectivity index (χ3n) is 3.44. The number of aromatic nitrogens is 1. The molecule has 0 spiro atoms. The lowest BCUT2D eigenvalue weighted by Gasteiger charge is -2.37. The Morgan fingerprint density at radius 3 is 3.12 bits per heavy atom. The second kappa shape index (κ2) is 5.47. The highest BCUT2D eigenvalue weighted by atomic mass is 16.5. The Kier molecular flexibility index (Phi) is 3.97. The number of morpholine rings is 1. The van der Waals surface area contributed by atoms with Gasteiger partial charge in [0.05, 0.1) is 19.3 Å². The van der Waals surface area contributed by atoms with Crippen LogP contribution in [0.15, 0.2) is 12.3 Å². The predicted molar refractivity (Wildman–Crippen MR) is 69.1 cm³/mol. The number of anilines is 1. The Hall–Kier alpha value is -1.13. The molecule has 0 saturated carbocycles. The summed E-state index contributed by atoms with van der Waals surface area (Å²) in [6.45, 7) is 7.29. The highest BCUT2D eigenvalue weighted by molar-refractivity contribution is 5.51. The van der Waals surface area contributed by atoms with Crippen LogP contribution in [0, 0.1) is 6.92 Å². The molecule has 0 radical (unpaired) electrons. The van der Waals surface area contributed by atoms with Gasteiger partial charge in [-0.25, -0.2) is 4.98 Å². The fourth-order valence-corrected chi connectivity index (χ4v) is 2.35. The van der Waals surface area contributed by atoms with Crippen molar-refractivity contribution in [3.05, 3.63) is 23.4 Å². The number of hydrogen-bond donors (Lipinski definition) is 1. The maximum absolute atomic E-state index is 5.85. The molecular weight excluding hydrogens is 214 g/mol. The number of pyridine rings is 1. The summed E-state index contributed by atoms with van der Waals surface area (Å²) in [5, 5.41) is 0. The Labute approximate surface area is 103 Å². The molecule has 4 nitrogen and oxygen atoms in total. The first-order valence-corrected chi connectivity index (χ1v) is 6.26. The van der Waals surface area contributed by atoms with Crippen molar-refractivity contribution < 1.29 is 4.74 Å². The molecule has 17 heavy (non-hydrogen) atoms. The van der Waals surface area contributed by atoms with Crippen LogP contribution in [0.4, 0.5) is 5.82 Å². The summed E-state index contributed by atoms with van der Waals surface area (Å²) in [6.07, 6.45) is 2.94. The van der Waals surface area contributed by atoms with E-state index in [2.05, 4.69) is 23.7 Å². The van der Waals surface area contributed by atoms with E-state index >= 15 is 0 Å². The minimum absolute atomic E-state index is 0.420. The molecule has 1 aromatic heterocycles. The van der Waals surface area contributed by atoms with Gasteiger partial charge in [-0.3, -0.25) is 0 Å². The van der Waals surface area contributed by atoms with E-state index in [0.29, 0.717) is 12.6 Å². The van der Waals surface area contributed by atoms with Crippen molar-refractivity contribution in [2.75, 3.05) is 24.7 Å². The zero-order valence-electron chi connectivity index (χ0n) is 10.6. The molecule has 0 bridgehead atoms. The van der Waals surface area contributed by atoms with Crippen LogP contribution in [0.1, 0.15) is 24.5 Å². The Bertz CT molecular complexity index is 381. The van der Waals surface area contributed by atoms with Crippen molar-refractivity contribution in [2.24, 2.45) is 5.73 Å². The summed E-state index contributed by atoms with van der Waals surface area (Å²) in [7, 11) is 0. The van der Waals surface area contributed by atoms with Gasteiger partial charge in [0.15, 0.2) is 0 Å². The van der Waals surface area contributed by atoms with Gasteiger partial charge in [0.25, 0.3) is 0 Å². The molecular formula is C13H21N3O. The monoisotopic (exact) mass is 235 g/mol. The first-order chi connectivity index (χ1) is 8.27. The minimum atomic E-state index is 0.420. The van der Waals surface area contributed by atoms with E-state index in [1.54, 1.807) is 0 Å². The molecule has 0 aromatic carbocycles. The summed E-state index contributed by atoms with van der Waals surface area (Å²) in [5.41, 5.74) is 8.23. The number of nitrogens with zero attached hydrogens (tertiary/aromatic N) is 2. The second-order valence-electron chi connectivity index (χ2n) is 4.46. The van der Waals surface area contributed by atoms with E-state index in [1.165, 1.54) is 5.56 Å². The predicted octanol–water partition coefficient (Wildman–Crippen LogP) is 1.46. The van der Waals surface area contributed by atoms with Crippen molar-refractivity contribution in [3.8, 4) is 0 Å². The van der Waals surface area contributed by atoms with E-state index in [9.17, 15) is 0 Å². The lowest BCUT2D eigenvalue weighted by Crippen LogP contribution is -2.46. The summed E-state index contributed by atoms with van der Waals surface area (Å²) in [6, 6.07) is 2.44. The smallest absolute Gasteiger partial charge is 0.133 e. The van der Waals surface area contributed by atoms with Crippen LogP contribution >= 0.6 is 0 Å². The Balaban J connectivity index is 2.34. The SMILES string of the molecule is CCC1COCCN1c1nccc(C)c1CN. The number of ether oxygens (including phenoxy) is 1. The molecule has 4 heteroatoms. The molecule has 1 aromatic rings. The molecule has 2 heterocycles. The highest BCUT2D eigenvalue weighted by Gasteiger charge is 2.24. The lowest BCUT2D eigenvalue weighted by atomic mass is 10.1. The van der Waals surface area contributed by atoms with Crippen LogP contribution < -0.4 is 10.6 Å². The van der Waals surface area contributed by atoms with Crippen molar-refractivity contribution in [3.63, 3.8) is 0 Å². The van der Waals surface area contributed by atoms with E-state index in [-0.39, 0.29) is 0 Å². The Morgan fingerprint density at radius 1 is 1.59 bits per heavy atom. The largest absolute Gasteiger partial charge is 0.377 e. The highest BCUT2D eigenvalue weighted by Crippen LogP contribution is 2.25. The van der Waals surface area contributed by atoms with Crippen molar-refractivity contribution >= 4 is 5.82 Å². The van der Waals surface area contributed by atoms with Crippen LogP contribution in [0.2, 0.25) is 0 Å². The van der Waals surface area contributed by atoms with Crippen molar-refractivity contribution in [1.29, 1.82) is 0 Å². The van der Waals surface area contributed by atoms with Crippen LogP contribution in [-0.4, -0.2) is 30.8 Å². The van der Waals surface area contributed by atoms with Gasteiger partial charge in [-0.2, -0.15) is 0 Å². The van der Waals surface area contributed by atoms with E-state index in [0.717, 1.165) is 37.6 Å². The first-order valence-electron chi connectivity index (χ1n) is 6.26. The van der Waals surface area contributed by atoms with E-state index in [4.69, 9.17) is 10.5 Å². The molecule has 0 amide bonds. The second-order valence-corrected chi connectivity index (χ2v) is 4.46. The summed E-state index contributed by atoms with van der Waals surface area (Å²) in [4.78, 5) is 6.87. The molecule has 1 atom stereocenters. The molecule has 1 saturated heterocycles. The molecule has 1 unspecified atom stereocenters. The van der Waals surface area contributed by atoms with Crippen LogP contribution in [-0.2, 0) is 11.3 Å². The average molecular weight is 235 g/mol. The zero-order chi connectivity index (χ0) is 12.3. The molecule has 1 fully saturated rings. The van der Waals surface area contributed by atoms with Crippen LogP contribution in [0.5, 0.6) is 0 Å². The maximum Gasteiger partial charge on any atom is 0.133 e. The molecule has 0 aliphatic carbocycles. The molecule has 2 rings (SSSR count). The molecule has 1 aliphatic heterocycles. The van der Waals surface area contributed by atoms with Crippen LogP contribution in [0.3, 0.4) is 0 Å². The molecule has 2 N–H and O–H groups in total. The summed E-state index contributed by atoms with van der Waals surface area (Å²) in [5.74, 6) is 1.04. The summed E-state index contributed by atoms with van der Waals surface area (Å²) >= 11 is 0. The average Bonchev–Trinajstić information content (AvgIpc) is 2.38. The topological polar surface area (TPSA) is 51.4 Å². The standard InChI is InChI=1S/C13H21N3O/c1-3-11-9-17-7-6-16(11)13-12(8-14)10(2)4-5-15-13/h4-5,11H,3,6-9,14H2,1-2H3. The quantitative estimate of drug-likeness (QED) is 0.862. The number of hydrogen-bond acceptors (Lipinski definition) is 4. The van der Waals surface area contributed by atoms with Gasteiger partial charge in [-0.05, 0) is 25.0 Å². The maximum atomic E-state index is 5.85. The fourth-order valence-electron chi connectivity index (χ4n) is 2.35. The number of aryl methyl sites for hydroxylation is 1. The van der Waals surface area contributed by atoms with Gasteiger partial charge < -0.3 is 15.4 Å². The molecule has 1 aliphatic rings. The summed E-state index contributed by atoms with van der Waals surface area (Å²) < 4.78 is 5.53. The fraction of sp³-hybridized carbons (Fsp3) is 0.615. The van der Waals surface area contributed by atoms with Crippen molar-refractivity contribution in [1.82, 2.24) is 4.98 Å². The number of rotatable bonds is 3. The van der Waals surface area contributed by atoms with Gasteiger partial charge in [0, 0.05) is 24.8 Å². The lowest BCUT2D eigenvalue weighted by molar-refractivity contribution is 0.0924. The normalized spacial score (nSPS) is 20.6. The third-order valence-corrected chi connectivity index (χ3v) is 3.44. The van der Waals surface area contributed by atoms with E-state index < -0.39 is 0 Å². The van der Waals surface area contributed by atoms with Gasteiger partial charge in [0.2, 0.25) is 0 Å². The van der Waals surface area contributed by atoms with Gasteiger partial charge in [0.1, 0.15) is 5.82 Å². The third kappa shape index (κ3) is 2.42.